The summed E-state index contributed by atoms with van der Waals surface area (Å²) in [5, 5.41) is 3.58. The third-order valence-corrected chi connectivity index (χ3v) is 3.79. The first-order valence-corrected chi connectivity index (χ1v) is 8.61. The fourth-order valence-corrected chi connectivity index (χ4v) is 2.62. The Morgan fingerprint density at radius 3 is 2.38 bits per heavy atom. The van der Waals surface area contributed by atoms with E-state index in [1.54, 1.807) is 0 Å². The van der Waals surface area contributed by atoms with E-state index in [0.29, 0.717) is 12.0 Å². The number of benzene rings is 1. The number of unbranched alkanes of at least 4 members (excludes halogenated alkanes) is 2. The largest absolute Gasteiger partial charge is 0.369 e. The van der Waals surface area contributed by atoms with Gasteiger partial charge in [-0.05, 0) is 44.4 Å². The summed E-state index contributed by atoms with van der Waals surface area (Å²) in [7, 11) is 0. The van der Waals surface area contributed by atoms with Crippen molar-refractivity contribution in [3.8, 4) is 0 Å². The topological polar surface area (TPSA) is 15.3 Å². The lowest BCUT2D eigenvalue weighted by Crippen LogP contribution is -2.33. The van der Waals surface area contributed by atoms with Crippen LogP contribution < -0.4 is 10.2 Å². The first-order valence-electron chi connectivity index (χ1n) is 8.61. The van der Waals surface area contributed by atoms with Gasteiger partial charge in [0, 0.05) is 24.8 Å². The standard InChI is InChI=1S/C19H34N2/c1-6-7-10-13-21(17(4)5)19-12-9-8-11-18(19)15-20-14-16(2)3/h8-9,11-12,16-17,20H,6-7,10,13-15H2,1-5H3. The molecule has 0 bridgehead atoms. The minimum Gasteiger partial charge on any atom is -0.369 e. The molecular formula is C19H34N2. The van der Waals surface area contributed by atoms with Gasteiger partial charge in [-0.3, -0.25) is 0 Å². The quantitative estimate of drug-likeness (QED) is 0.620. The maximum Gasteiger partial charge on any atom is 0.0414 e. The molecule has 0 fully saturated rings. The molecule has 2 heteroatoms. The van der Waals surface area contributed by atoms with Gasteiger partial charge in [-0.15, -0.1) is 0 Å². The molecule has 0 aliphatic rings. The molecular weight excluding hydrogens is 256 g/mol. The molecule has 0 saturated heterocycles. The molecule has 0 radical (unpaired) electrons. The second-order valence-corrected chi connectivity index (χ2v) is 6.65. The Morgan fingerprint density at radius 1 is 1.05 bits per heavy atom. The van der Waals surface area contributed by atoms with Gasteiger partial charge in [-0.1, -0.05) is 51.8 Å². The van der Waals surface area contributed by atoms with Crippen LogP contribution in [0.1, 0.15) is 59.4 Å². The van der Waals surface area contributed by atoms with Crippen molar-refractivity contribution in [2.45, 2.75) is 66.5 Å². The molecule has 21 heavy (non-hydrogen) atoms. The summed E-state index contributed by atoms with van der Waals surface area (Å²) in [4.78, 5) is 2.56. The van der Waals surface area contributed by atoms with Crippen LogP contribution in [0, 0.1) is 5.92 Å². The van der Waals surface area contributed by atoms with Crippen molar-refractivity contribution in [1.82, 2.24) is 5.32 Å². The van der Waals surface area contributed by atoms with Gasteiger partial charge in [-0.2, -0.15) is 0 Å². The van der Waals surface area contributed by atoms with Crippen molar-refractivity contribution < 1.29 is 0 Å². The number of nitrogens with one attached hydrogen (secondary N) is 1. The van der Waals surface area contributed by atoms with Crippen molar-refractivity contribution in [3.63, 3.8) is 0 Å². The smallest absolute Gasteiger partial charge is 0.0414 e. The summed E-state index contributed by atoms with van der Waals surface area (Å²) in [6.45, 7) is 14.6. The number of anilines is 1. The molecule has 0 aromatic heterocycles. The minimum absolute atomic E-state index is 0.549. The van der Waals surface area contributed by atoms with Gasteiger partial charge in [0.25, 0.3) is 0 Å². The van der Waals surface area contributed by atoms with E-state index in [-0.39, 0.29) is 0 Å². The van der Waals surface area contributed by atoms with Crippen LogP contribution in [0.25, 0.3) is 0 Å². The highest BCUT2D eigenvalue weighted by atomic mass is 15.2. The summed E-state index contributed by atoms with van der Waals surface area (Å²) in [5.74, 6) is 0.697. The third-order valence-electron chi connectivity index (χ3n) is 3.79. The van der Waals surface area contributed by atoms with E-state index in [1.165, 1.54) is 30.5 Å². The van der Waals surface area contributed by atoms with Gasteiger partial charge < -0.3 is 10.2 Å². The fourth-order valence-electron chi connectivity index (χ4n) is 2.62. The molecule has 1 aromatic rings. The summed E-state index contributed by atoms with van der Waals surface area (Å²) >= 11 is 0. The molecule has 0 amide bonds. The average molecular weight is 290 g/mol. The van der Waals surface area contributed by atoms with Gasteiger partial charge in [0.2, 0.25) is 0 Å². The summed E-state index contributed by atoms with van der Waals surface area (Å²) in [5.41, 5.74) is 2.82. The van der Waals surface area contributed by atoms with E-state index in [0.717, 1.165) is 19.6 Å². The van der Waals surface area contributed by atoms with Gasteiger partial charge in [0.1, 0.15) is 0 Å². The summed E-state index contributed by atoms with van der Waals surface area (Å²) in [6, 6.07) is 9.40. The highest BCUT2D eigenvalue weighted by Gasteiger charge is 2.13. The summed E-state index contributed by atoms with van der Waals surface area (Å²) in [6.07, 6.45) is 3.88. The molecule has 0 heterocycles. The Morgan fingerprint density at radius 2 is 1.76 bits per heavy atom. The average Bonchev–Trinajstić information content (AvgIpc) is 2.44. The van der Waals surface area contributed by atoms with Crippen molar-refractivity contribution in [2.24, 2.45) is 5.92 Å². The fraction of sp³-hybridized carbons (Fsp3) is 0.684. The zero-order valence-corrected chi connectivity index (χ0v) is 14.7. The molecule has 2 nitrogen and oxygen atoms in total. The Balaban J connectivity index is 2.76. The van der Waals surface area contributed by atoms with E-state index in [9.17, 15) is 0 Å². The maximum atomic E-state index is 3.58. The molecule has 120 valence electrons. The maximum absolute atomic E-state index is 3.58. The van der Waals surface area contributed by atoms with Crippen LogP contribution in [-0.2, 0) is 6.54 Å². The normalized spacial score (nSPS) is 11.4. The van der Waals surface area contributed by atoms with E-state index in [2.05, 4.69) is 69.1 Å². The number of nitrogens with zero attached hydrogens (tertiary/aromatic N) is 1. The molecule has 1 N–H and O–H groups in total. The second-order valence-electron chi connectivity index (χ2n) is 6.65. The lowest BCUT2D eigenvalue weighted by atomic mass is 10.1. The predicted octanol–water partition coefficient (Wildman–Crippen LogP) is 4.84. The van der Waals surface area contributed by atoms with E-state index in [1.807, 2.05) is 0 Å². The highest BCUT2D eigenvalue weighted by molar-refractivity contribution is 5.54. The third kappa shape index (κ3) is 6.52. The van der Waals surface area contributed by atoms with Gasteiger partial charge in [0.05, 0.1) is 0 Å². The number of hydrogen-bond acceptors (Lipinski definition) is 2. The van der Waals surface area contributed by atoms with Crippen LogP contribution in [0.5, 0.6) is 0 Å². The predicted molar refractivity (Wildman–Crippen MR) is 95.0 cm³/mol. The Hall–Kier alpha value is -1.02. The number of hydrogen-bond donors (Lipinski definition) is 1. The zero-order valence-electron chi connectivity index (χ0n) is 14.7. The monoisotopic (exact) mass is 290 g/mol. The number of para-hydroxylation sites is 1. The molecule has 1 aromatic carbocycles. The lowest BCUT2D eigenvalue weighted by Gasteiger charge is -2.31. The van der Waals surface area contributed by atoms with Crippen LogP contribution in [-0.4, -0.2) is 19.1 Å². The van der Waals surface area contributed by atoms with Crippen molar-refractivity contribution in [2.75, 3.05) is 18.0 Å². The van der Waals surface area contributed by atoms with E-state index < -0.39 is 0 Å². The van der Waals surface area contributed by atoms with Gasteiger partial charge >= 0.3 is 0 Å². The lowest BCUT2D eigenvalue weighted by molar-refractivity contribution is 0.550. The molecule has 0 atom stereocenters. The van der Waals surface area contributed by atoms with Crippen LogP contribution in [0.15, 0.2) is 24.3 Å². The SMILES string of the molecule is CCCCCN(c1ccccc1CNCC(C)C)C(C)C. The second kappa shape index (κ2) is 9.83. The number of rotatable bonds is 10. The van der Waals surface area contributed by atoms with Crippen LogP contribution in [0.4, 0.5) is 5.69 Å². The van der Waals surface area contributed by atoms with Crippen molar-refractivity contribution >= 4 is 5.69 Å². The highest BCUT2D eigenvalue weighted by Crippen LogP contribution is 2.23. The first-order chi connectivity index (χ1) is 10.1. The Labute approximate surface area is 131 Å². The molecule has 0 aliphatic heterocycles. The Bertz CT molecular complexity index is 385. The van der Waals surface area contributed by atoms with Crippen molar-refractivity contribution in [3.05, 3.63) is 29.8 Å². The molecule has 0 saturated carbocycles. The van der Waals surface area contributed by atoms with Crippen LogP contribution >= 0.6 is 0 Å². The summed E-state index contributed by atoms with van der Waals surface area (Å²) < 4.78 is 0. The van der Waals surface area contributed by atoms with Crippen LogP contribution in [0.3, 0.4) is 0 Å². The Kier molecular flexibility index (Phi) is 8.44. The minimum atomic E-state index is 0.549. The zero-order chi connectivity index (χ0) is 15.7. The van der Waals surface area contributed by atoms with Gasteiger partial charge in [0.15, 0.2) is 0 Å². The van der Waals surface area contributed by atoms with Crippen molar-refractivity contribution in [1.29, 1.82) is 0 Å². The molecule has 0 unspecified atom stereocenters. The van der Waals surface area contributed by atoms with E-state index >= 15 is 0 Å². The van der Waals surface area contributed by atoms with Gasteiger partial charge in [-0.25, -0.2) is 0 Å². The molecule has 0 aliphatic carbocycles. The molecule has 0 spiro atoms. The van der Waals surface area contributed by atoms with Crippen LogP contribution in [0.2, 0.25) is 0 Å². The first kappa shape index (κ1) is 18.0. The molecule has 1 rings (SSSR count). The van der Waals surface area contributed by atoms with E-state index in [4.69, 9.17) is 0 Å².